The molecule has 1 aromatic heterocycles. The smallest absolute Gasteiger partial charge is 0.255 e. The number of hydrogen-bond donors (Lipinski definition) is 2. The second kappa shape index (κ2) is 5.39. The van der Waals surface area contributed by atoms with Crippen LogP contribution in [0.2, 0.25) is 0 Å². The minimum Gasteiger partial charge on any atom is -0.384 e. The van der Waals surface area contributed by atoms with Crippen molar-refractivity contribution in [3.63, 3.8) is 0 Å². The van der Waals surface area contributed by atoms with Crippen LogP contribution in [0.4, 0.5) is 17.2 Å². The molecule has 0 unspecified atom stereocenters. The first kappa shape index (κ1) is 12.9. The van der Waals surface area contributed by atoms with Crippen molar-refractivity contribution in [3.8, 4) is 0 Å². The first-order chi connectivity index (χ1) is 9.06. The van der Waals surface area contributed by atoms with Crippen LogP contribution < -0.4 is 16.0 Å². The number of rotatable bonds is 3. The van der Waals surface area contributed by atoms with Crippen LogP contribution >= 0.6 is 0 Å². The number of carbonyl (C=O) groups is 1. The maximum Gasteiger partial charge on any atom is 0.255 e. The van der Waals surface area contributed by atoms with E-state index in [1.54, 1.807) is 24.3 Å². The van der Waals surface area contributed by atoms with Crippen LogP contribution in [-0.4, -0.2) is 25.0 Å². The Hall–Kier alpha value is -2.56. The van der Waals surface area contributed by atoms with Gasteiger partial charge in [-0.05, 0) is 36.4 Å². The van der Waals surface area contributed by atoms with Gasteiger partial charge < -0.3 is 16.0 Å². The second-order valence-electron chi connectivity index (χ2n) is 4.37. The molecule has 0 spiro atoms. The Morgan fingerprint density at radius 3 is 2.37 bits per heavy atom. The molecule has 0 bridgehead atoms. The molecule has 2 aromatic rings. The lowest BCUT2D eigenvalue weighted by Crippen LogP contribution is -2.13. The number of nitrogens with one attached hydrogen (secondary N) is 1. The fourth-order valence-corrected chi connectivity index (χ4v) is 1.59. The van der Waals surface area contributed by atoms with Gasteiger partial charge in [0.15, 0.2) is 0 Å². The van der Waals surface area contributed by atoms with Crippen molar-refractivity contribution in [2.24, 2.45) is 0 Å². The number of aromatic nitrogens is 1. The molecule has 0 aliphatic rings. The molecule has 1 amide bonds. The zero-order valence-corrected chi connectivity index (χ0v) is 10.9. The monoisotopic (exact) mass is 256 g/mol. The number of benzene rings is 1. The van der Waals surface area contributed by atoms with Crippen molar-refractivity contribution in [1.82, 2.24) is 4.98 Å². The van der Waals surface area contributed by atoms with E-state index in [0.29, 0.717) is 17.1 Å². The molecular formula is C14H16N4O. The Morgan fingerprint density at radius 2 is 1.84 bits per heavy atom. The highest BCUT2D eigenvalue weighted by Gasteiger charge is 2.06. The Labute approximate surface area is 112 Å². The summed E-state index contributed by atoms with van der Waals surface area (Å²) in [6.07, 6.45) is 1.53. The van der Waals surface area contributed by atoms with Gasteiger partial charge >= 0.3 is 0 Å². The maximum absolute atomic E-state index is 12.0. The topological polar surface area (TPSA) is 71.2 Å². The zero-order valence-electron chi connectivity index (χ0n) is 10.9. The van der Waals surface area contributed by atoms with Gasteiger partial charge in [-0.2, -0.15) is 0 Å². The lowest BCUT2D eigenvalue weighted by Gasteiger charge is -2.12. The molecule has 0 radical (unpaired) electrons. The van der Waals surface area contributed by atoms with E-state index in [2.05, 4.69) is 10.3 Å². The number of pyridine rings is 1. The van der Waals surface area contributed by atoms with Gasteiger partial charge in [0, 0.05) is 25.3 Å². The van der Waals surface area contributed by atoms with Crippen LogP contribution in [0.1, 0.15) is 10.4 Å². The molecule has 0 aliphatic heterocycles. The zero-order chi connectivity index (χ0) is 13.8. The number of anilines is 3. The van der Waals surface area contributed by atoms with Gasteiger partial charge in [0.2, 0.25) is 0 Å². The van der Waals surface area contributed by atoms with Gasteiger partial charge in [-0.25, -0.2) is 4.98 Å². The van der Waals surface area contributed by atoms with Crippen LogP contribution in [0.5, 0.6) is 0 Å². The number of nitrogens with two attached hydrogens (primary N) is 1. The molecule has 5 nitrogen and oxygen atoms in total. The molecule has 0 saturated heterocycles. The number of nitrogen functional groups attached to an aromatic ring is 1. The van der Waals surface area contributed by atoms with Gasteiger partial charge in [0.05, 0.1) is 11.9 Å². The third kappa shape index (κ3) is 3.22. The summed E-state index contributed by atoms with van der Waals surface area (Å²) in [5.74, 6) is 0.255. The van der Waals surface area contributed by atoms with Crippen LogP contribution in [-0.2, 0) is 0 Å². The molecule has 5 heteroatoms. The standard InChI is InChI=1S/C14H16N4O/c1-18(2)12-6-3-10(4-7-12)14(19)17-11-5-8-13(15)16-9-11/h3-9H,1-2H3,(H2,15,16)(H,17,19). The molecular weight excluding hydrogens is 240 g/mol. The van der Waals surface area contributed by atoms with Crippen LogP contribution in [0.25, 0.3) is 0 Å². The predicted molar refractivity (Wildman–Crippen MR) is 77.4 cm³/mol. The highest BCUT2D eigenvalue weighted by molar-refractivity contribution is 6.04. The summed E-state index contributed by atoms with van der Waals surface area (Å²) in [5, 5.41) is 2.76. The molecule has 0 saturated carbocycles. The minimum absolute atomic E-state index is 0.170. The first-order valence-electron chi connectivity index (χ1n) is 5.86. The number of amides is 1. The van der Waals surface area contributed by atoms with Crippen molar-refractivity contribution in [2.75, 3.05) is 30.0 Å². The van der Waals surface area contributed by atoms with Crippen LogP contribution in [0, 0.1) is 0 Å². The summed E-state index contributed by atoms with van der Waals surface area (Å²) in [6.45, 7) is 0. The van der Waals surface area contributed by atoms with E-state index in [-0.39, 0.29) is 5.91 Å². The average molecular weight is 256 g/mol. The number of nitrogens with zero attached hydrogens (tertiary/aromatic N) is 2. The van der Waals surface area contributed by atoms with Crippen LogP contribution in [0.3, 0.4) is 0 Å². The predicted octanol–water partition coefficient (Wildman–Crippen LogP) is 1.98. The van der Waals surface area contributed by atoms with Crippen molar-refractivity contribution in [1.29, 1.82) is 0 Å². The first-order valence-corrected chi connectivity index (χ1v) is 5.86. The summed E-state index contributed by atoms with van der Waals surface area (Å²) < 4.78 is 0. The summed E-state index contributed by atoms with van der Waals surface area (Å²) in [4.78, 5) is 17.9. The third-order valence-electron chi connectivity index (χ3n) is 2.69. The third-order valence-corrected chi connectivity index (χ3v) is 2.69. The fourth-order valence-electron chi connectivity index (χ4n) is 1.59. The Balaban J connectivity index is 2.09. The SMILES string of the molecule is CN(C)c1ccc(C(=O)Nc2ccc(N)nc2)cc1. The van der Waals surface area contributed by atoms with Crippen molar-refractivity contribution >= 4 is 23.1 Å². The highest BCUT2D eigenvalue weighted by Crippen LogP contribution is 2.14. The summed E-state index contributed by atoms with van der Waals surface area (Å²) >= 11 is 0. The lowest BCUT2D eigenvalue weighted by molar-refractivity contribution is 0.102. The van der Waals surface area contributed by atoms with Gasteiger partial charge in [-0.3, -0.25) is 4.79 Å². The molecule has 1 aromatic carbocycles. The second-order valence-corrected chi connectivity index (χ2v) is 4.37. The summed E-state index contributed by atoms with van der Waals surface area (Å²) in [5.41, 5.74) is 7.75. The molecule has 1 heterocycles. The highest BCUT2D eigenvalue weighted by atomic mass is 16.1. The van der Waals surface area contributed by atoms with E-state index >= 15 is 0 Å². The van der Waals surface area contributed by atoms with Crippen molar-refractivity contribution in [2.45, 2.75) is 0 Å². The van der Waals surface area contributed by atoms with Crippen molar-refractivity contribution in [3.05, 3.63) is 48.2 Å². The molecule has 2 rings (SSSR count). The number of carbonyl (C=O) groups excluding carboxylic acids is 1. The Kier molecular flexibility index (Phi) is 3.66. The van der Waals surface area contributed by atoms with E-state index in [1.807, 2.05) is 31.1 Å². The largest absolute Gasteiger partial charge is 0.384 e. The lowest BCUT2D eigenvalue weighted by atomic mass is 10.2. The molecule has 19 heavy (non-hydrogen) atoms. The van der Waals surface area contributed by atoms with E-state index in [0.717, 1.165) is 5.69 Å². The van der Waals surface area contributed by atoms with E-state index in [9.17, 15) is 4.79 Å². The molecule has 0 atom stereocenters. The van der Waals surface area contributed by atoms with Gasteiger partial charge in [-0.15, -0.1) is 0 Å². The van der Waals surface area contributed by atoms with E-state index < -0.39 is 0 Å². The summed E-state index contributed by atoms with van der Waals surface area (Å²) in [6, 6.07) is 10.7. The molecule has 98 valence electrons. The van der Waals surface area contributed by atoms with Gasteiger partial charge in [0.1, 0.15) is 5.82 Å². The molecule has 0 aliphatic carbocycles. The molecule has 3 N–H and O–H groups in total. The summed E-state index contributed by atoms with van der Waals surface area (Å²) in [7, 11) is 3.91. The minimum atomic E-state index is -0.170. The quantitative estimate of drug-likeness (QED) is 0.881. The van der Waals surface area contributed by atoms with Gasteiger partial charge in [-0.1, -0.05) is 0 Å². The Morgan fingerprint density at radius 1 is 1.16 bits per heavy atom. The van der Waals surface area contributed by atoms with Crippen molar-refractivity contribution < 1.29 is 4.79 Å². The van der Waals surface area contributed by atoms with E-state index in [4.69, 9.17) is 5.73 Å². The maximum atomic E-state index is 12.0. The average Bonchev–Trinajstić information content (AvgIpc) is 2.41. The molecule has 0 fully saturated rings. The fraction of sp³-hybridized carbons (Fsp3) is 0.143. The van der Waals surface area contributed by atoms with E-state index in [1.165, 1.54) is 6.20 Å². The van der Waals surface area contributed by atoms with Crippen LogP contribution in [0.15, 0.2) is 42.6 Å². The normalized spacial score (nSPS) is 10.0. The van der Waals surface area contributed by atoms with Gasteiger partial charge in [0.25, 0.3) is 5.91 Å². The Bertz CT molecular complexity index is 561. The number of hydrogen-bond acceptors (Lipinski definition) is 4.